The van der Waals surface area contributed by atoms with E-state index in [1.807, 2.05) is 0 Å². The SMILES string of the molecule is COC1CC(C2OC3CC(O)CC(OC4OC(CO)C(O)C(O)C4O)C3CC2OC2OC(COC3OCC(OC(=O)C=CC4CCC(O)C(O)C4)C(O)C3O)C(O)C(O)C2O)CC(OC)C1O. The Morgan fingerprint density at radius 2 is 1.19 bits per heavy atom. The molecular weight excluding hydrogens is 900 g/mol. The van der Waals surface area contributed by atoms with Crippen LogP contribution < -0.4 is 0 Å². The van der Waals surface area contributed by atoms with Crippen LogP contribution in [0, 0.1) is 17.8 Å². The number of hydrogen-bond donors (Lipinski definition) is 13. The Labute approximate surface area is 386 Å². The summed E-state index contributed by atoms with van der Waals surface area (Å²) in [6, 6.07) is 0. The van der Waals surface area contributed by atoms with Crippen molar-refractivity contribution in [3.8, 4) is 0 Å². The fourth-order valence-electron chi connectivity index (χ4n) is 10.7. The van der Waals surface area contributed by atoms with Crippen LogP contribution in [0.25, 0.3) is 0 Å². The van der Waals surface area contributed by atoms with Crippen molar-refractivity contribution < 1.29 is 119 Å². The van der Waals surface area contributed by atoms with Crippen molar-refractivity contribution in [2.75, 3.05) is 34.0 Å². The molecule has 25 atom stereocenters. The Morgan fingerprint density at radius 1 is 0.582 bits per heavy atom. The van der Waals surface area contributed by atoms with Crippen LogP contribution in [-0.4, -0.2) is 253 Å². The minimum Gasteiger partial charge on any atom is -0.454 e. The van der Waals surface area contributed by atoms with E-state index in [0.717, 1.165) is 6.08 Å². The van der Waals surface area contributed by atoms with Crippen LogP contribution in [-0.2, 0) is 52.2 Å². The molecule has 0 aromatic carbocycles. The highest BCUT2D eigenvalue weighted by atomic mass is 16.7. The molecule has 0 aromatic heterocycles. The third-order valence-electron chi connectivity index (χ3n) is 14.7. The lowest BCUT2D eigenvalue weighted by Crippen LogP contribution is -2.64. The summed E-state index contributed by atoms with van der Waals surface area (Å²) < 4.78 is 58.9. The van der Waals surface area contributed by atoms with Gasteiger partial charge in [-0.05, 0) is 56.8 Å². The van der Waals surface area contributed by atoms with E-state index in [-0.39, 0.29) is 44.4 Å². The van der Waals surface area contributed by atoms with Gasteiger partial charge in [0.1, 0.15) is 67.1 Å². The van der Waals surface area contributed by atoms with Crippen LogP contribution in [0.5, 0.6) is 0 Å². The summed E-state index contributed by atoms with van der Waals surface area (Å²) in [4.78, 5) is 12.6. The molecule has 7 fully saturated rings. The second-order valence-electron chi connectivity index (χ2n) is 19.1. The topological polar surface area (TPSA) is 372 Å². The first-order valence-electron chi connectivity index (χ1n) is 23.1. The summed E-state index contributed by atoms with van der Waals surface area (Å²) in [5.41, 5.74) is 0. The van der Waals surface area contributed by atoms with Gasteiger partial charge in [-0.1, -0.05) is 6.08 Å². The van der Waals surface area contributed by atoms with E-state index in [0.29, 0.717) is 12.8 Å². The van der Waals surface area contributed by atoms with Gasteiger partial charge < -0.3 is 114 Å². The second kappa shape index (κ2) is 23.3. The van der Waals surface area contributed by atoms with E-state index in [2.05, 4.69) is 0 Å². The Balaban J connectivity index is 1.03. The average Bonchev–Trinajstić information content (AvgIpc) is 3.31. The van der Waals surface area contributed by atoms with Crippen LogP contribution >= 0.6 is 0 Å². The number of esters is 1. The third kappa shape index (κ3) is 12.0. The number of rotatable bonds is 14. The molecule has 24 heteroatoms. The third-order valence-corrected chi connectivity index (χ3v) is 14.7. The standard InChI is InChI=1S/C43H70O24/c1-58-24-8-17(9-25(59-2)31(24)49)40-26(12-19-22(63-40)10-18(45)11-23(19)64-42-38(56)35(53)32(50)27(13-44)66-42)65-43-39(57)36(54)33(51)29(67-43)15-61-41-37(55)34(52)28(14-60-41)62-30(48)6-4-16-3-5-20(46)21(47)7-16/h4,6,16-29,31-47,49-57H,3,5,7-15H2,1-2H3. The summed E-state index contributed by atoms with van der Waals surface area (Å²) in [6.07, 6.45) is -26.7. The van der Waals surface area contributed by atoms with E-state index in [1.54, 1.807) is 6.08 Å². The van der Waals surface area contributed by atoms with Gasteiger partial charge >= 0.3 is 5.97 Å². The number of aliphatic hydroxyl groups is 13. The number of hydrogen-bond acceptors (Lipinski definition) is 24. The van der Waals surface area contributed by atoms with Crippen molar-refractivity contribution in [2.45, 2.75) is 198 Å². The highest BCUT2D eigenvalue weighted by Crippen LogP contribution is 2.45. The lowest BCUT2D eigenvalue weighted by atomic mass is 9.72. The zero-order valence-corrected chi connectivity index (χ0v) is 37.3. The Hall–Kier alpha value is -1.67. The van der Waals surface area contributed by atoms with Gasteiger partial charge in [0.15, 0.2) is 25.0 Å². The molecule has 13 N–H and O–H groups in total. The Morgan fingerprint density at radius 3 is 1.82 bits per heavy atom. The number of ether oxygens (including phenoxy) is 10. The van der Waals surface area contributed by atoms with E-state index in [9.17, 15) is 71.2 Å². The summed E-state index contributed by atoms with van der Waals surface area (Å²) >= 11 is 0. The summed E-state index contributed by atoms with van der Waals surface area (Å²) in [5, 5.41) is 138. The van der Waals surface area contributed by atoms with Crippen LogP contribution in [0.15, 0.2) is 12.2 Å². The molecule has 4 saturated heterocycles. The molecule has 0 spiro atoms. The predicted octanol–water partition coefficient (Wildman–Crippen LogP) is -5.82. The van der Waals surface area contributed by atoms with Crippen molar-refractivity contribution in [1.82, 2.24) is 0 Å². The maximum atomic E-state index is 12.6. The lowest BCUT2D eigenvalue weighted by molar-refractivity contribution is -0.350. The summed E-state index contributed by atoms with van der Waals surface area (Å²) in [7, 11) is 2.89. The fourth-order valence-corrected chi connectivity index (χ4v) is 10.7. The molecule has 7 aliphatic rings. The average molecular weight is 971 g/mol. The number of aliphatic hydroxyl groups excluding tert-OH is 13. The molecule has 3 aliphatic carbocycles. The minimum absolute atomic E-state index is 0.0135. The van der Waals surface area contributed by atoms with Crippen molar-refractivity contribution in [2.24, 2.45) is 17.8 Å². The maximum Gasteiger partial charge on any atom is 0.330 e. The molecule has 0 radical (unpaired) electrons. The van der Waals surface area contributed by atoms with Crippen LogP contribution in [0.4, 0.5) is 0 Å². The molecule has 7 rings (SSSR count). The van der Waals surface area contributed by atoms with Gasteiger partial charge in [-0.2, -0.15) is 0 Å². The van der Waals surface area contributed by atoms with Gasteiger partial charge in [0.2, 0.25) is 0 Å². The first kappa shape index (κ1) is 53.1. The number of carbonyl (C=O) groups is 1. The van der Waals surface area contributed by atoms with Gasteiger partial charge in [0, 0.05) is 32.6 Å². The van der Waals surface area contributed by atoms with Crippen LogP contribution in [0.3, 0.4) is 0 Å². The molecular formula is C43H70O24. The number of allylic oxidation sites excluding steroid dienone is 1. The smallest absolute Gasteiger partial charge is 0.330 e. The largest absolute Gasteiger partial charge is 0.454 e. The van der Waals surface area contributed by atoms with E-state index in [4.69, 9.17) is 47.4 Å². The molecule has 4 aliphatic heterocycles. The zero-order valence-electron chi connectivity index (χ0n) is 37.3. The van der Waals surface area contributed by atoms with Crippen molar-refractivity contribution in [1.29, 1.82) is 0 Å². The lowest BCUT2D eigenvalue weighted by Gasteiger charge is -2.53. The number of methoxy groups -OCH3 is 2. The fraction of sp³-hybridized carbons (Fsp3) is 0.930. The summed E-state index contributed by atoms with van der Waals surface area (Å²) in [5.74, 6) is -2.07. The maximum absolute atomic E-state index is 12.6. The molecule has 4 heterocycles. The first-order chi connectivity index (χ1) is 31.9. The van der Waals surface area contributed by atoms with Gasteiger partial charge in [0.25, 0.3) is 0 Å². The quantitative estimate of drug-likeness (QED) is 0.0570. The molecule has 25 unspecified atom stereocenters. The highest BCUT2D eigenvalue weighted by molar-refractivity contribution is 5.82. The Bertz CT molecular complexity index is 1580. The molecule has 386 valence electrons. The zero-order chi connectivity index (χ0) is 48.4. The van der Waals surface area contributed by atoms with Crippen molar-refractivity contribution in [3.63, 3.8) is 0 Å². The van der Waals surface area contributed by atoms with E-state index in [1.165, 1.54) is 14.2 Å². The molecule has 0 aromatic rings. The van der Waals surface area contributed by atoms with Gasteiger partial charge in [-0.15, -0.1) is 0 Å². The molecule has 0 amide bonds. The minimum atomic E-state index is -1.86. The predicted molar refractivity (Wildman–Crippen MR) is 219 cm³/mol. The van der Waals surface area contributed by atoms with Gasteiger partial charge in [-0.3, -0.25) is 0 Å². The number of fused-ring (bicyclic) bond motifs is 1. The molecule has 3 saturated carbocycles. The monoisotopic (exact) mass is 970 g/mol. The Kier molecular flexibility index (Phi) is 18.4. The molecule has 24 nitrogen and oxygen atoms in total. The van der Waals surface area contributed by atoms with Gasteiger partial charge in [-0.25, -0.2) is 4.79 Å². The van der Waals surface area contributed by atoms with Crippen LogP contribution in [0.1, 0.15) is 51.4 Å². The first-order valence-corrected chi connectivity index (χ1v) is 23.1. The van der Waals surface area contributed by atoms with Gasteiger partial charge in [0.05, 0.1) is 74.8 Å². The van der Waals surface area contributed by atoms with Crippen molar-refractivity contribution in [3.05, 3.63) is 12.2 Å². The van der Waals surface area contributed by atoms with Crippen LogP contribution in [0.2, 0.25) is 0 Å². The molecule has 0 bridgehead atoms. The van der Waals surface area contributed by atoms with E-state index >= 15 is 0 Å². The van der Waals surface area contributed by atoms with Crippen molar-refractivity contribution >= 4 is 5.97 Å². The molecule has 67 heavy (non-hydrogen) atoms. The number of carbonyl (C=O) groups excluding carboxylic acids is 1. The second-order valence-corrected chi connectivity index (χ2v) is 19.1. The highest BCUT2D eigenvalue weighted by Gasteiger charge is 2.55. The normalized spacial score (nSPS) is 51.0. The summed E-state index contributed by atoms with van der Waals surface area (Å²) in [6.45, 7) is -1.69. The van der Waals surface area contributed by atoms with E-state index < -0.39 is 185 Å².